The third kappa shape index (κ3) is 7.65. The van der Waals surface area contributed by atoms with Crippen LogP contribution >= 0.6 is 0 Å². The monoisotopic (exact) mass is 575 g/mol. The fourth-order valence-corrected chi connectivity index (χ4v) is 3.84. The SMILES string of the molecule is CCCN(C(=O)OCOC(=O)c1cccnc1)C(=O)c1c[nH]c(C(N=CN)=Nc2cc(C(=O)NCC)ccc2C)c1C. The van der Waals surface area contributed by atoms with E-state index in [0.29, 0.717) is 35.5 Å². The summed E-state index contributed by atoms with van der Waals surface area (Å²) in [6.07, 6.45) is 4.80. The van der Waals surface area contributed by atoms with Crippen molar-refractivity contribution in [3.63, 3.8) is 0 Å². The Balaban J connectivity index is 1.83. The Hall–Kier alpha value is -5.33. The van der Waals surface area contributed by atoms with E-state index in [2.05, 4.69) is 25.3 Å². The molecule has 13 nitrogen and oxygen atoms in total. The van der Waals surface area contributed by atoms with Crippen molar-refractivity contribution in [1.29, 1.82) is 0 Å². The molecule has 1 aromatic carbocycles. The number of aryl methyl sites for hydroxylation is 1. The fraction of sp³-hybridized carbons (Fsp3) is 0.276. The number of aliphatic imine (C=N–C) groups is 2. The summed E-state index contributed by atoms with van der Waals surface area (Å²) < 4.78 is 10.0. The van der Waals surface area contributed by atoms with Crippen LogP contribution in [-0.2, 0) is 9.47 Å². The number of aromatic amines is 1. The first kappa shape index (κ1) is 31.2. The molecule has 0 aliphatic heterocycles. The lowest BCUT2D eigenvalue weighted by Gasteiger charge is -2.19. The molecule has 3 amide bonds. The summed E-state index contributed by atoms with van der Waals surface area (Å²) in [4.78, 5) is 67.2. The van der Waals surface area contributed by atoms with E-state index in [0.717, 1.165) is 16.8 Å². The maximum atomic E-state index is 13.4. The van der Waals surface area contributed by atoms with Gasteiger partial charge in [-0.3, -0.25) is 14.6 Å². The first-order valence-corrected chi connectivity index (χ1v) is 13.2. The molecule has 0 aliphatic rings. The van der Waals surface area contributed by atoms with Crippen molar-refractivity contribution in [2.24, 2.45) is 15.7 Å². The number of esters is 1. The number of nitrogens with zero attached hydrogens (tertiary/aromatic N) is 4. The summed E-state index contributed by atoms with van der Waals surface area (Å²) in [5.74, 6) is -1.44. The smallest absolute Gasteiger partial charge is 0.419 e. The molecular weight excluding hydrogens is 542 g/mol. The van der Waals surface area contributed by atoms with Crippen LogP contribution in [0.15, 0.2) is 58.9 Å². The molecule has 0 radical (unpaired) electrons. The molecule has 0 saturated heterocycles. The van der Waals surface area contributed by atoms with Gasteiger partial charge in [0.25, 0.3) is 11.8 Å². The summed E-state index contributed by atoms with van der Waals surface area (Å²) in [6.45, 7) is 6.98. The van der Waals surface area contributed by atoms with Gasteiger partial charge in [0.2, 0.25) is 6.79 Å². The van der Waals surface area contributed by atoms with Crippen LogP contribution in [0, 0.1) is 13.8 Å². The number of amides is 3. The normalized spacial score (nSPS) is 11.3. The number of nitrogens with one attached hydrogen (secondary N) is 2. The summed E-state index contributed by atoms with van der Waals surface area (Å²) in [5.41, 5.74) is 8.51. The number of amidine groups is 1. The number of carbonyl (C=O) groups excluding carboxylic acids is 4. The van der Waals surface area contributed by atoms with E-state index in [4.69, 9.17) is 15.2 Å². The van der Waals surface area contributed by atoms with Crippen molar-refractivity contribution in [3.8, 4) is 0 Å². The lowest BCUT2D eigenvalue weighted by Crippen LogP contribution is -2.38. The van der Waals surface area contributed by atoms with Gasteiger partial charge in [0.15, 0.2) is 5.84 Å². The van der Waals surface area contributed by atoms with Gasteiger partial charge >= 0.3 is 12.1 Å². The van der Waals surface area contributed by atoms with Crippen LogP contribution in [0.25, 0.3) is 0 Å². The molecule has 0 aliphatic carbocycles. The van der Waals surface area contributed by atoms with E-state index in [9.17, 15) is 19.2 Å². The highest BCUT2D eigenvalue weighted by Gasteiger charge is 2.27. The lowest BCUT2D eigenvalue weighted by molar-refractivity contribution is -0.0105. The minimum absolute atomic E-state index is 0.0574. The van der Waals surface area contributed by atoms with Crippen molar-refractivity contribution in [3.05, 3.63) is 82.4 Å². The maximum absolute atomic E-state index is 13.4. The Labute approximate surface area is 242 Å². The third-order valence-corrected chi connectivity index (χ3v) is 6.01. The van der Waals surface area contributed by atoms with Crippen molar-refractivity contribution < 1.29 is 28.7 Å². The number of H-pyrrole nitrogens is 1. The second-order valence-corrected chi connectivity index (χ2v) is 8.94. The molecule has 0 spiro atoms. The van der Waals surface area contributed by atoms with E-state index >= 15 is 0 Å². The Morgan fingerprint density at radius 2 is 1.90 bits per heavy atom. The average molecular weight is 576 g/mol. The molecule has 4 N–H and O–H groups in total. The Morgan fingerprint density at radius 3 is 2.57 bits per heavy atom. The number of aromatic nitrogens is 2. The third-order valence-electron chi connectivity index (χ3n) is 6.01. The molecular formula is C29H33N7O6. The molecule has 0 atom stereocenters. The second-order valence-electron chi connectivity index (χ2n) is 8.94. The van der Waals surface area contributed by atoms with Gasteiger partial charge in [-0.15, -0.1) is 0 Å². The van der Waals surface area contributed by atoms with Gasteiger partial charge in [-0.2, -0.15) is 0 Å². The molecule has 0 saturated carbocycles. The number of rotatable bonds is 10. The topological polar surface area (TPSA) is 181 Å². The van der Waals surface area contributed by atoms with Crippen molar-refractivity contribution in [2.75, 3.05) is 19.9 Å². The van der Waals surface area contributed by atoms with Gasteiger partial charge < -0.3 is 25.5 Å². The van der Waals surface area contributed by atoms with Gasteiger partial charge in [0.1, 0.15) is 0 Å². The Morgan fingerprint density at radius 1 is 1.12 bits per heavy atom. The molecule has 2 aromatic heterocycles. The Bertz CT molecular complexity index is 1500. The fourth-order valence-electron chi connectivity index (χ4n) is 3.84. The second kappa shape index (κ2) is 14.9. The zero-order valence-electron chi connectivity index (χ0n) is 23.8. The minimum Gasteiger partial charge on any atom is -0.424 e. The van der Waals surface area contributed by atoms with Gasteiger partial charge in [-0.1, -0.05) is 13.0 Å². The predicted octanol–water partition coefficient (Wildman–Crippen LogP) is 3.64. The summed E-state index contributed by atoms with van der Waals surface area (Å²) in [7, 11) is 0. The standard InChI is InChI=1S/C29H33N7O6/c1-5-12-36(29(40)42-17-41-28(39)21-8-7-11-31-14-21)27(38)22-15-33-24(19(22)4)25(34-16-30)35-23-13-20(10-9-18(23)3)26(37)32-6-2/h7-11,13-16,33H,5-6,12,17H2,1-4H3,(H,32,37)(H2,30,34,35). The average Bonchev–Trinajstić information content (AvgIpc) is 3.37. The highest BCUT2D eigenvalue weighted by Crippen LogP contribution is 2.24. The molecule has 0 fully saturated rings. The Kier molecular flexibility index (Phi) is 11.1. The molecule has 13 heteroatoms. The lowest BCUT2D eigenvalue weighted by atomic mass is 10.1. The van der Waals surface area contributed by atoms with Crippen molar-refractivity contribution in [1.82, 2.24) is 20.2 Å². The van der Waals surface area contributed by atoms with Crippen LogP contribution < -0.4 is 11.1 Å². The summed E-state index contributed by atoms with van der Waals surface area (Å²) in [5, 5.41) is 2.75. The summed E-state index contributed by atoms with van der Waals surface area (Å²) >= 11 is 0. The molecule has 42 heavy (non-hydrogen) atoms. The maximum Gasteiger partial charge on any atom is 0.419 e. The minimum atomic E-state index is -0.977. The van der Waals surface area contributed by atoms with E-state index < -0.39 is 24.8 Å². The van der Waals surface area contributed by atoms with Crippen molar-refractivity contribution in [2.45, 2.75) is 34.1 Å². The molecule has 2 heterocycles. The number of carbonyl (C=O) groups is 4. The molecule has 0 bridgehead atoms. The number of imide groups is 1. The van der Waals surface area contributed by atoms with Crippen LogP contribution in [0.1, 0.15) is 68.2 Å². The van der Waals surface area contributed by atoms with Gasteiger partial charge in [-0.05, 0) is 62.6 Å². The molecule has 220 valence electrons. The van der Waals surface area contributed by atoms with Crippen molar-refractivity contribution >= 4 is 41.7 Å². The van der Waals surface area contributed by atoms with E-state index in [1.807, 2.05) is 13.8 Å². The largest absolute Gasteiger partial charge is 0.424 e. The number of ether oxygens (including phenoxy) is 2. The zero-order valence-corrected chi connectivity index (χ0v) is 23.8. The van der Waals surface area contributed by atoms with Crippen LogP contribution in [0.3, 0.4) is 0 Å². The van der Waals surface area contributed by atoms with E-state index in [1.54, 1.807) is 38.1 Å². The number of hydrogen-bond acceptors (Lipinski definition) is 8. The summed E-state index contributed by atoms with van der Waals surface area (Å²) in [6, 6.07) is 8.17. The van der Waals surface area contributed by atoms with Gasteiger partial charge in [0, 0.05) is 37.2 Å². The predicted molar refractivity (Wildman–Crippen MR) is 156 cm³/mol. The first-order chi connectivity index (χ1) is 20.2. The highest BCUT2D eigenvalue weighted by atomic mass is 16.7. The highest BCUT2D eigenvalue weighted by molar-refractivity contribution is 6.09. The number of nitrogens with two attached hydrogens (primary N) is 1. The first-order valence-electron chi connectivity index (χ1n) is 13.2. The zero-order chi connectivity index (χ0) is 30.6. The van der Waals surface area contributed by atoms with Crippen LogP contribution in [0.2, 0.25) is 0 Å². The molecule has 3 aromatic rings. The van der Waals surface area contributed by atoms with Crippen LogP contribution in [0.4, 0.5) is 10.5 Å². The van der Waals surface area contributed by atoms with Gasteiger partial charge in [-0.25, -0.2) is 24.5 Å². The number of benzene rings is 1. The quantitative estimate of drug-likeness (QED) is 0.142. The van der Waals surface area contributed by atoms with E-state index in [1.165, 1.54) is 24.7 Å². The van der Waals surface area contributed by atoms with Crippen LogP contribution in [-0.4, -0.2) is 70.8 Å². The molecule has 3 rings (SSSR count). The molecule has 0 unspecified atom stereocenters. The number of pyridine rings is 1. The van der Waals surface area contributed by atoms with Gasteiger partial charge in [0.05, 0.1) is 28.8 Å². The number of hydrogen-bond donors (Lipinski definition) is 3. The van der Waals surface area contributed by atoms with Crippen LogP contribution in [0.5, 0.6) is 0 Å². The van der Waals surface area contributed by atoms with E-state index in [-0.39, 0.29) is 29.4 Å².